The zero-order chi connectivity index (χ0) is 28.2. The van der Waals surface area contributed by atoms with Gasteiger partial charge in [0.05, 0.1) is 40.0 Å². The number of allylic oxidation sites excluding steroid dienone is 1. The Kier molecular flexibility index (Phi) is 8.90. The molecular formula is C31H34BrN3O4S. The van der Waals surface area contributed by atoms with Crippen LogP contribution in [-0.4, -0.2) is 37.3 Å². The summed E-state index contributed by atoms with van der Waals surface area (Å²) in [7, 11) is 1.60. The van der Waals surface area contributed by atoms with Crippen LogP contribution in [0.15, 0.2) is 68.0 Å². The zero-order valence-electron chi connectivity index (χ0n) is 23.1. The monoisotopic (exact) mass is 623 g/mol. The van der Waals surface area contributed by atoms with Gasteiger partial charge < -0.3 is 14.4 Å². The highest BCUT2D eigenvalue weighted by Crippen LogP contribution is 2.36. The first-order valence-electron chi connectivity index (χ1n) is 13.9. The van der Waals surface area contributed by atoms with E-state index in [-0.39, 0.29) is 12.2 Å². The maximum Gasteiger partial charge on any atom is 0.338 e. The SMILES string of the molecule is CCCC1=C(C(=O)OCC)[C@H](c2ccc(OC)c(Br)c2)n2c(s/c(=C/c3ccc(N4CCCCC4)cc3)c2=O)=N1. The molecule has 1 saturated heterocycles. The highest BCUT2D eigenvalue weighted by Gasteiger charge is 2.34. The van der Waals surface area contributed by atoms with Crippen LogP contribution in [0.5, 0.6) is 5.75 Å². The summed E-state index contributed by atoms with van der Waals surface area (Å²) < 4.78 is 13.9. The summed E-state index contributed by atoms with van der Waals surface area (Å²) in [5.41, 5.74) is 3.83. The van der Waals surface area contributed by atoms with E-state index in [1.165, 1.54) is 36.3 Å². The number of carbonyl (C=O) groups excluding carboxylic acids is 1. The summed E-state index contributed by atoms with van der Waals surface area (Å²) in [6.45, 7) is 6.24. The van der Waals surface area contributed by atoms with E-state index in [1.807, 2.05) is 31.2 Å². The Balaban J connectivity index is 1.63. The van der Waals surface area contributed by atoms with Gasteiger partial charge in [-0.25, -0.2) is 9.79 Å². The third-order valence-electron chi connectivity index (χ3n) is 7.30. The smallest absolute Gasteiger partial charge is 0.338 e. The van der Waals surface area contributed by atoms with E-state index in [4.69, 9.17) is 14.5 Å². The number of thiazole rings is 1. The largest absolute Gasteiger partial charge is 0.496 e. The van der Waals surface area contributed by atoms with Gasteiger partial charge in [0.25, 0.3) is 5.56 Å². The number of anilines is 1. The zero-order valence-corrected chi connectivity index (χ0v) is 25.5. The molecule has 1 aromatic heterocycles. The van der Waals surface area contributed by atoms with Crippen LogP contribution in [0.4, 0.5) is 5.69 Å². The standard InChI is InChI=1S/C31H34BrN3O4S/c1-4-9-24-27(30(37)39-5-2)28(21-12-15-25(38-3)23(32)19-21)35-29(36)26(40-31(35)33-24)18-20-10-13-22(14-11-20)34-16-7-6-8-17-34/h10-15,18-19,28H,4-9,16-17H2,1-3H3/b26-18+/t28-/m0/s1. The van der Waals surface area contributed by atoms with Gasteiger partial charge in [-0.3, -0.25) is 9.36 Å². The van der Waals surface area contributed by atoms with Gasteiger partial charge in [0.1, 0.15) is 5.75 Å². The lowest BCUT2D eigenvalue weighted by Crippen LogP contribution is -2.40. The van der Waals surface area contributed by atoms with Crippen molar-refractivity contribution in [2.45, 2.75) is 52.0 Å². The summed E-state index contributed by atoms with van der Waals surface area (Å²) in [5, 5.41) is 0. The Labute approximate surface area is 246 Å². The van der Waals surface area contributed by atoms with Crippen molar-refractivity contribution < 1.29 is 14.3 Å². The Morgan fingerprint density at radius 3 is 2.52 bits per heavy atom. The maximum atomic E-state index is 14.0. The van der Waals surface area contributed by atoms with Gasteiger partial charge in [0.15, 0.2) is 4.80 Å². The number of ether oxygens (including phenoxy) is 2. The molecule has 0 saturated carbocycles. The van der Waals surface area contributed by atoms with Crippen LogP contribution in [0.1, 0.15) is 63.1 Å². The van der Waals surface area contributed by atoms with Crippen LogP contribution in [-0.2, 0) is 9.53 Å². The van der Waals surface area contributed by atoms with Crippen LogP contribution in [0.2, 0.25) is 0 Å². The van der Waals surface area contributed by atoms with Crippen LogP contribution in [0.25, 0.3) is 6.08 Å². The van der Waals surface area contributed by atoms with E-state index < -0.39 is 12.0 Å². The molecule has 9 heteroatoms. The second-order valence-electron chi connectivity index (χ2n) is 9.95. The fourth-order valence-corrected chi connectivity index (χ4v) is 6.95. The second kappa shape index (κ2) is 12.6. The second-order valence-corrected chi connectivity index (χ2v) is 11.8. The van der Waals surface area contributed by atoms with Gasteiger partial charge in [-0.1, -0.05) is 42.9 Å². The summed E-state index contributed by atoms with van der Waals surface area (Å²) >= 11 is 4.93. The van der Waals surface area contributed by atoms with Crippen molar-refractivity contribution in [2.75, 3.05) is 31.7 Å². The number of aromatic nitrogens is 1. The van der Waals surface area contributed by atoms with Crippen LogP contribution < -0.4 is 24.5 Å². The first kappa shape index (κ1) is 28.4. The van der Waals surface area contributed by atoms with E-state index in [1.54, 1.807) is 18.6 Å². The van der Waals surface area contributed by atoms with Crippen molar-refractivity contribution in [2.24, 2.45) is 4.99 Å². The maximum absolute atomic E-state index is 14.0. The summed E-state index contributed by atoms with van der Waals surface area (Å²) in [5.74, 6) is 0.217. The summed E-state index contributed by atoms with van der Waals surface area (Å²) in [6, 6.07) is 13.3. The van der Waals surface area contributed by atoms with Crippen molar-refractivity contribution in [3.8, 4) is 5.75 Å². The molecule has 40 heavy (non-hydrogen) atoms. The molecule has 0 unspecified atom stereocenters. The van der Waals surface area contributed by atoms with Crippen molar-refractivity contribution in [3.63, 3.8) is 0 Å². The number of nitrogens with zero attached hydrogens (tertiary/aromatic N) is 3. The average molecular weight is 625 g/mol. The minimum absolute atomic E-state index is 0.182. The molecule has 2 aliphatic heterocycles. The Hall–Kier alpha value is -3.17. The molecule has 0 radical (unpaired) electrons. The van der Waals surface area contributed by atoms with Crippen molar-refractivity contribution in [3.05, 3.63) is 89.0 Å². The highest BCUT2D eigenvalue weighted by atomic mass is 79.9. The molecule has 0 bridgehead atoms. The van der Waals surface area contributed by atoms with Crippen LogP contribution in [0, 0.1) is 0 Å². The fourth-order valence-electron chi connectivity index (χ4n) is 5.37. The van der Waals surface area contributed by atoms with E-state index >= 15 is 0 Å². The summed E-state index contributed by atoms with van der Waals surface area (Å²) in [6.07, 6.45) is 7.06. The third kappa shape index (κ3) is 5.67. The molecule has 1 atom stereocenters. The third-order valence-corrected chi connectivity index (χ3v) is 8.90. The number of methoxy groups -OCH3 is 1. The molecule has 5 rings (SSSR count). The van der Waals surface area contributed by atoms with Gasteiger partial charge in [-0.05, 0) is 90.0 Å². The van der Waals surface area contributed by atoms with Gasteiger partial charge >= 0.3 is 5.97 Å². The molecule has 0 aliphatic carbocycles. The average Bonchev–Trinajstić information content (AvgIpc) is 3.27. The number of hydrogen-bond acceptors (Lipinski definition) is 7. The molecule has 210 valence electrons. The molecule has 2 aromatic carbocycles. The molecule has 2 aliphatic rings. The van der Waals surface area contributed by atoms with Crippen molar-refractivity contribution in [1.82, 2.24) is 4.57 Å². The Morgan fingerprint density at radius 2 is 1.88 bits per heavy atom. The minimum atomic E-state index is -0.664. The van der Waals surface area contributed by atoms with Gasteiger partial charge in [0, 0.05) is 18.8 Å². The predicted octanol–water partition coefficient (Wildman–Crippen LogP) is 5.34. The van der Waals surface area contributed by atoms with E-state index in [0.717, 1.165) is 35.1 Å². The molecular weight excluding hydrogens is 590 g/mol. The molecule has 3 aromatic rings. The summed E-state index contributed by atoms with van der Waals surface area (Å²) in [4.78, 5) is 35.2. The van der Waals surface area contributed by atoms with E-state index in [2.05, 4.69) is 45.1 Å². The highest BCUT2D eigenvalue weighted by molar-refractivity contribution is 9.10. The lowest BCUT2D eigenvalue weighted by atomic mass is 9.94. The normalized spacial score (nSPS) is 17.4. The first-order chi connectivity index (χ1) is 19.4. The van der Waals surface area contributed by atoms with Crippen LogP contribution in [0.3, 0.4) is 0 Å². The molecule has 3 heterocycles. The molecule has 0 N–H and O–H groups in total. The minimum Gasteiger partial charge on any atom is -0.496 e. The van der Waals surface area contributed by atoms with Gasteiger partial charge in [-0.2, -0.15) is 0 Å². The number of halogens is 1. The number of carbonyl (C=O) groups is 1. The molecule has 0 spiro atoms. The van der Waals surface area contributed by atoms with Gasteiger partial charge in [0.2, 0.25) is 0 Å². The lowest BCUT2D eigenvalue weighted by Gasteiger charge is -2.28. The Morgan fingerprint density at radius 1 is 1.12 bits per heavy atom. The lowest BCUT2D eigenvalue weighted by molar-refractivity contribution is -0.139. The van der Waals surface area contributed by atoms with E-state index in [9.17, 15) is 9.59 Å². The van der Waals surface area contributed by atoms with Crippen LogP contribution >= 0.6 is 27.3 Å². The predicted molar refractivity (Wildman–Crippen MR) is 163 cm³/mol. The number of esters is 1. The quantitative estimate of drug-likeness (QED) is 0.317. The first-order valence-corrected chi connectivity index (χ1v) is 15.5. The number of fused-ring (bicyclic) bond motifs is 1. The number of piperidine rings is 1. The molecule has 1 fully saturated rings. The molecule has 0 amide bonds. The fraction of sp³-hybridized carbons (Fsp3) is 0.387. The van der Waals surface area contributed by atoms with Crippen molar-refractivity contribution >= 4 is 45.0 Å². The van der Waals surface area contributed by atoms with Crippen molar-refractivity contribution in [1.29, 1.82) is 0 Å². The number of rotatable bonds is 8. The molecule has 7 nitrogen and oxygen atoms in total. The van der Waals surface area contributed by atoms with E-state index in [0.29, 0.717) is 32.8 Å². The van der Waals surface area contributed by atoms with Gasteiger partial charge in [-0.15, -0.1) is 0 Å². The topological polar surface area (TPSA) is 73.1 Å². The number of benzene rings is 2. The number of hydrogen-bond donors (Lipinski definition) is 0. The Bertz CT molecular complexity index is 1600.